The summed E-state index contributed by atoms with van der Waals surface area (Å²) in [6, 6.07) is 4.61. The minimum Gasteiger partial charge on any atom is -0.495 e. The van der Waals surface area contributed by atoms with Gasteiger partial charge in [-0.05, 0) is 37.5 Å². The normalized spacial score (nSPS) is 13.0. The summed E-state index contributed by atoms with van der Waals surface area (Å²) in [7, 11) is -1.93. The molecular formula is C17H27NO4S. The molecule has 1 amide bonds. The van der Waals surface area contributed by atoms with Crippen LogP contribution in [0.2, 0.25) is 0 Å². The van der Waals surface area contributed by atoms with E-state index < -0.39 is 15.1 Å². The van der Waals surface area contributed by atoms with Crippen LogP contribution in [-0.4, -0.2) is 26.7 Å². The zero-order valence-corrected chi connectivity index (χ0v) is 15.4. The first-order valence-corrected chi connectivity index (χ1v) is 9.59. The lowest BCUT2D eigenvalue weighted by Crippen LogP contribution is -2.22. The van der Waals surface area contributed by atoms with Crippen molar-refractivity contribution in [1.82, 2.24) is 0 Å². The van der Waals surface area contributed by atoms with Crippen molar-refractivity contribution in [3.05, 3.63) is 18.2 Å². The molecule has 130 valence electrons. The fourth-order valence-electron chi connectivity index (χ4n) is 2.32. The number of rotatable bonds is 8. The standard InChI is InChI=1S/C17H27NO4S/c1-6-12(4)17(19)18-15-11-14(9-10-16(15)22-5)23(20,21)13(7-2)8-3/h9-13H,6-8H2,1-5H3,(H,18,19). The number of hydrogen-bond donors (Lipinski definition) is 1. The molecule has 1 aromatic carbocycles. The molecule has 0 aromatic heterocycles. The molecule has 0 saturated heterocycles. The highest BCUT2D eigenvalue weighted by molar-refractivity contribution is 7.92. The van der Waals surface area contributed by atoms with Crippen LogP contribution in [0.4, 0.5) is 5.69 Å². The van der Waals surface area contributed by atoms with Gasteiger partial charge in [-0.1, -0.05) is 27.7 Å². The number of carbonyl (C=O) groups is 1. The van der Waals surface area contributed by atoms with E-state index in [9.17, 15) is 13.2 Å². The van der Waals surface area contributed by atoms with E-state index in [4.69, 9.17) is 4.74 Å². The van der Waals surface area contributed by atoms with Crippen LogP contribution in [0.15, 0.2) is 23.1 Å². The molecule has 0 bridgehead atoms. The van der Waals surface area contributed by atoms with Crippen LogP contribution in [0, 0.1) is 5.92 Å². The lowest BCUT2D eigenvalue weighted by molar-refractivity contribution is -0.119. The molecule has 0 heterocycles. The maximum absolute atomic E-state index is 12.7. The summed E-state index contributed by atoms with van der Waals surface area (Å²) in [5.41, 5.74) is 0.393. The number of hydrogen-bond acceptors (Lipinski definition) is 4. The van der Waals surface area contributed by atoms with Crippen LogP contribution in [0.3, 0.4) is 0 Å². The first kappa shape index (κ1) is 19.5. The molecule has 1 N–H and O–H groups in total. The van der Waals surface area contributed by atoms with E-state index >= 15 is 0 Å². The zero-order valence-electron chi connectivity index (χ0n) is 14.5. The summed E-state index contributed by atoms with van der Waals surface area (Å²) in [6.07, 6.45) is 1.82. The Balaban J connectivity index is 3.25. The van der Waals surface area contributed by atoms with E-state index in [1.54, 1.807) is 6.07 Å². The zero-order chi connectivity index (χ0) is 17.6. The van der Waals surface area contributed by atoms with Crippen molar-refractivity contribution in [2.24, 2.45) is 5.92 Å². The van der Waals surface area contributed by atoms with Gasteiger partial charge in [0.1, 0.15) is 5.75 Å². The number of amides is 1. The summed E-state index contributed by atoms with van der Waals surface area (Å²) < 4.78 is 30.6. The van der Waals surface area contributed by atoms with Gasteiger partial charge in [-0.3, -0.25) is 4.79 Å². The average molecular weight is 341 g/mol. The van der Waals surface area contributed by atoms with Crippen LogP contribution in [-0.2, 0) is 14.6 Å². The van der Waals surface area contributed by atoms with Crippen molar-refractivity contribution in [2.45, 2.75) is 57.1 Å². The minimum atomic E-state index is -3.42. The van der Waals surface area contributed by atoms with Crippen LogP contribution < -0.4 is 10.1 Å². The van der Waals surface area contributed by atoms with Crippen molar-refractivity contribution in [1.29, 1.82) is 0 Å². The third-order valence-corrected chi connectivity index (χ3v) is 6.62. The summed E-state index contributed by atoms with van der Waals surface area (Å²) in [5.74, 6) is 0.145. The predicted molar refractivity (Wildman–Crippen MR) is 92.6 cm³/mol. The van der Waals surface area contributed by atoms with E-state index in [-0.39, 0.29) is 16.7 Å². The fraction of sp³-hybridized carbons (Fsp3) is 0.588. The van der Waals surface area contributed by atoms with Crippen molar-refractivity contribution in [3.63, 3.8) is 0 Å². The van der Waals surface area contributed by atoms with E-state index in [0.29, 0.717) is 30.7 Å². The Morgan fingerprint density at radius 3 is 2.26 bits per heavy atom. The highest BCUT2D eigenvalue weighted by Gasteiger charge is 2.25. The Hall–Kier alpha value is -1.56. The monoisotopic (exact) mass is 341 g/mol. The highest BCUT2D eigenvalue weighted by atomic mass is 32.2. The van der Waals surface area contributed by atoms with E-state index in [1.807, 2.05) is 27.7 Å². The molecule has 0 aliphatic carbocycles. The van der Waals surface area contributed by atoms with Crippen LogP contribution >= 0.6 is 0 Å². The number of sulfone groups is 1. The second kappa shape index (κ2) is 8.34. The molecule has 0 spiro atoms. The molecule has 0 radical (unpaired) electrons. The Morgan fingerprint density at radius 1 is 1.17 bits per heavy atom. The Morgan fingerprint density at radius 2 is 1.78 bits per heavy atom. The van der Waals surface area contributed by atoms with Gasteiger partial charge >= 0.3 is 0 Å². The van der Waals surface area contributed by atoms with Gasteiger partial charge in [-0.15, -0.1) is 0 Å². The molecule has 0 aliphatic rings. The number of benzene rings is 1. The van der Waals surface area contributed by atoms with Crippen LogP contribution in [0.1, 0.15) is 47.0 Å². The van der Waals surface area contributed by atoms with Gasteiger partial charge in [0.05, 0.1) is 22.9 Å². The van der Waals surface area contributed by atoms with E-state index in [0.717, 1.165) is 0 Å². The molecule has 0 fully saturated rings. The molecule has 0 aliphatic heterocycles. The van der Waals surface area contributed by atoms with Crippen molar-refractivity contribution >= 4 is 21.4 Å². The predicted octanol–water partition coefficient (Wildman–Crippen LogP) is 3.64. The molecule has 23 heavy (non-hydrogen) atoms. The first-order valence-electron chi connectivity index (χ1n) is 8.04. The summed E-state index contributed by atoms with van der Waals surface area (Å²) >= 11 is 0. The number of carbonyl (C=O) groups excluding carboxylic acids is 1. The van der Waals surface area contributed by atoms with Crippen LogP contribution in [0.5, 0.6) is 5.75 Å². The molecule has 1 unspecified atom stereocenters. The lowest BCUT2D eigenvalue weighted by Gasteiger charge is -2.17. The van der Waals surface area contributed by atoms with Gasteiger partial charge in [0, 0.05) is 5.92 Å². The molecule has 1 atom stereocenters. The summed E-state index contributed by atoms with van der Waals surface area (Å²) in [4.78, 5) is 12.3. The molecule has 0 saturated carbocycles. The molecular weight excluding hydrogens is 314 g/mol. The molecule has 6 heteroatoms. The fourth-order valence-corrected chi connectivity index (χ4v) is 4.13. The highest BCUT2D eigenvalue weighted by Crippen LogP contribution is 2.30. The van der Waals surface area contributed by atoms with Gasteiger partial charge in [0.25, 0.3) is 0 Å². The number of nitrogens with one attached hydrogen (secondary N) is 1. The maximum atomic E-state index is 12.7. The topological polar surface area (TPSA) is 72.5 Å². The van der Waals surface area contributed by atoms with Gasteiger partial charge < -0.3 is 10.1 Å². The largest absolute Gasteiger partial charge is 0.495 e. The Labute approximate surface area is 139 Å². The van der Waals surface area contributed by atoms with E-state index in [1.165, 1.54) is 19.2 Å². The maximum Gasteiger partial charge on any atom is 0.227 e. The third-order valence-electron chi connectivity index (χ3n) is 4.17. The lowest BCUT2D eigenvalue weighted by atomic mass is 10.1. The van der Waals surface area contributed by atoms with Crippen molar-refractivity contribution < 1.29 is 17.9 Å². The van der Waals surface area contributed by atoms with Gasteiger partial charge in [-0.2, -0.15) is 0 Å². The van der Waals surface area contributed by atoms with Gasteiger partial charge in [-0.25, -0.2) is 8.42 Å². The minimum absolute atomic E-state index is 0.150. The number of ether oxygens (including phenoxy) is 1. The smallest absolute Gasteiger partial charge is 0.227 e. The molecule has 5 nitrogen and oxygen atoms in total. The third kappa shape index (κ3) is 4.47. The molecule has 1 aromatic rings. The summed E-state index contributed by atoms with van der Waals surface area (Å²) in [5, 5.41) is 2.35. The SMILES string of the molecule is CCC(C)C(=O)Nc1cc(S(=O)(=O)C(CC)CC)ccc1OC. The van der Waals surface area contributed by atoms with Gasteiger partial charge in [0.15, 0.2) is 9.84 Å². The van der Waals surface area contributed by atoms with Crippen molar-refractivity contribution in [3.8, 4) is 5.75 Å². The van der Waals surface area contributed by atoms with Gasteiger partial charge in [0.2, 0.25) is 5.91 Å². The van der Waals surface area contributed by atoms with E-state index in [2.05, 4.69) is 5.32 Å². The number of anilines is 1. The summed E-state index contributed by atoms with van der Waals surface area (Å²) in [6.45, 7) is 7.48. The first-order chi connectivity index (χ1) is 10.8. The van der Waals surface area contributed by atoms with Crippen molar-refractivity contribution in [2.75, 3.05) is 12.4 Å². The molecule has 1 rings (SSSR count). The quantitative estimate of drug-likeness (QED) is 0.783. The average Bonchev–Trinajstić information content (AvgIpc) is 2.54. The number of methoxy groups -OCH3 is 1. The van der Waals surface area contributed by atoms with Crippen LogP contribution in [0.25, 0.3) is 0 Å². The second-order valence-corrected chi connectivity index (χ2v) is 7.87. The second-order valence-electron chi connectivity index (χ2n) is 5.64. The Bertz CT molecular complexity index is 636. The Kier molecular flexibility index (Phi) is 7.06.